The van der Waals surface area contributed by atoms with Crippen LogP contribution in [0, 0.1) is 11.8 Å². The van der Waals surface area contributed by atoms with Crippen LogP contribution in [0.1, 0.15) is 47.8 Å². The minimum absolute atomic E-state index is 0.0863. The molecule has 2 N–H and O–H groups in total. The van der Waals surface area contributed by atoms with E-state index in [9.17, 15) is 18.0 Å². The number of hydrogen-bond acceptors (Lipinski definition) is 7. The fraction of sp³-hybridized carbons (Fsp3) is 0.667. The van der Waals surface area contributed by atoms with Crippen molar-refractivity contribution >= 4 is 39.5 Å². The smallest absolute Gasteiger partial charge is 0.290 e. The first kappa shape index (κ1) is 24.8. The van der Waals surface area contributed by atoms with E-state index in [1.54, 1.807) is 6.92 Å². The predicted molar refractivity (Wildman–Crippen MR) is 121 cm³/mol. The summed E-state index contributed by atoms with van der Waals surface area (Å²) in [5, 5.41) is 8.94. The molecule has 0 spiro atoms. The molecule has 0 saturated carbocycles. The first-order valence-electron chi connectivity index (χ1n) is 10.8. The molecule has 4 rings (SSSR count). The highest BCUT2D eigenvalue weighted by Crippen LogP contribution is 2.41. The second-order valence-electron chi connectivity index (χ2n) is 8.88. The molecule has 1 aromatic rings. The molecule has 2 bridgehead atoms. The lowest BCUT2D eigenvalue weighted by Crippen LogP contribution is -2.66. The average Bonchev–Trinajstić information content (AvgIpc) is 3.17. The average molecular weight is 486 g/mol. The molecule has 0 unspecified atom stereocenters. The number of carbonyl (C=O) groups excluding carboxylic acids is 2. The van der Waals surface area contributed by atoms with Crippen molar-refractivity contribution in [2.24, 2.45) is 11.8 Å². The van der Waals surface area contributed by atoms with E-state index < -0.39 is 10.0 Å². The van der Waals surface area contributed by atoms with Crippen LogP contribution in [0.3, 0.4) is 0 Å². The Kier molecular flexibility index (Phi) is 8.07. The predicted octanol–water partition coefficient (Wildman–Crippen LogP) is 1.40. The van der Waals surface area contributed by atoms with Crippen LogP contribution in [-0.4, -0.2) is 79.5 Å². The molecule has 178 valence electrons. The highest BCUT2D eigenvalue weighted by atomic mass is 32.2. The van der Waals surface area contributed by atoms with Gasteiger partial charge in [-0.05, 0) is 55.0 Å². The van der Waals surface area contributed by atoms with Crippen molar-refractivity contribution in [2.45, 2.75) is 51.2 Å². The number of ketones is 1. The van der Waals surface area contributed by atoms with Gasteiger partial charge in [0.15, 0.2) is 5.78 Å². The minimum atomic E-state index is -3.31. The monoisotopic (exact) mass is 485 g/mol. The minimum Gasteiger partial charge on any atom is -0.483 e. The number of likely N-dealkylation sites (tertiary alicyclic amines) is 1. The van der Waals surface area contributed by atoms with Crippen LogP contribution in [-0.2, 0) is 26.2 Å². The summed E-state index contributed by atoms with van der Waals surface area (Å²) in [5.74, 6) is 0.958. The molecular weight excluding hydrogens is 454 g/mol. The van der Waals surface area contributed by atoms with Gasteiger partial charge in [0.2, 0.25) is 15.9 Å². The number of carboxylic acid groups (broad SMARTS) is 1. The molecule has 3 aliphatic heterocycles. The molecule has 0 aliphatic carbocycles. The number of carbonyl (C=O) groups is 3. The molecule has 0 radical (unpaired) electrons. The second-order valence-corrected chi connectivity index (χ2v) is 11.6. The van der Waals surface area contributed by atoms with E-state index in [4.69, 9.17) is 9.90 Å². The van der Waals surface area contributed by atoms with Crippen LogP contribution < -0.4 is 4.72 Å². The maximum Gasteiger partial charge on any atom is 0.290 e. The molecule has 1 amide bonds. The van der Waals surface area contributed by atoms with Crippen LogP contribution in [0.2, 0.25) is 0 Å². The third-order valence-corrected chi connectivity index (χ3v) is 8.30. The Morgan fingerprint density at radius 3 is 2.66 bits per heavy atom. The van der Waals surface area contributed by atoms with Gasteiger partial charge < -0.3 is 10.0 Å². The highest BCUT2D eigenvalue weighted by molar-refractivity contribution is 7.88. The van der Waals surface area contributed by atoms with Gasteiger partial charge in [-0.15, -0.1) is 11.3 Å². The van der Waals surface area contributed by atoms with Gasteiger partial charge in [-0.3, -0.25) is 19.3 Å². The fourth-order valence-corrected chi connectivity index (χ4v) is 6.68. The van der Waals surface area contributed by atoms with Crippen molar-refractivity contribution in [3.63, 3.8) is 0 Å². The first-order chi connectivity index (χ1) is 15.1. The zero-order chi connectivity index (χ0) is 23.5. The summed E-state index contributed by atoms with van der Waals surface area (Å²) in [6.45, 7) is 4.22. The lowest BCUT2D eigenvalue weighted by molar-refractivity contribution is -0.152. The number of amides is 1. The summed E-state index contributed by atoms with van der Waals surface area (Å²) in [5.41, 5.74) is 1.16. The molecule has 1 aromatic heterocycles. The van der Waals surface area contributed by atoms with Gasteiger partial charge in [0.05, 0.1) is 11.1 Å². The SMILES string of the molecule is CC(=O)c1cc(CN2C[C@H]3C[C@@H](C2)[C@H](CNS(C)(=O)=O)N2C(=O)CCC[C@@H]32)cs1.O=CO. The third kappa shape index (κ3) is 5.94. The Bertz CT molecular complexity index is 947. The molecular formula is C21H31N3O6S2. The van der Waals surface area contributed by atoms with Gasteiger partial charge in [-0.2, -0.15) is 0 Å². The molecule has 0 aromatic carbocycles. The number of nitrogens with one attached hydrogen (secondary N) is 1. The summed E-state index contributed by atoms with van der Waals surface area (Å²) in [6, 6.07) is 2.10. The van der Waals surface area contributed by atoms with Gasteiger partial charge in [0, 0.05) is 44.7 Å². The van der Waals surface area contributed by atoms with E-state index in [2.05, 4.69) is 15.0 Å². The van der Waals surface area contributed by atoms with Gasteiger partial charge >= 0.3 is 0 Å². The van der Waals surface area contributed by atoms with Crippen LogP contribution in [0.5, 0.6) is 0 Å². The van der Waals surface area contributed by atoms with Crippen LogP contribution in [0.15, 0.2) is 11.4 Å². The van der Waals surface area contributed by atoms with Gasteiger partial charge in [0.25, 0.3) is 6.47 Å². The molecule has 4 heterocycles. The summed E-state index contributed by atoms with van der Waals surface area (Å²) in [6.07, 6.45) is 4.70. The number of thiophene rings is 1. The normalized spacial score (nSPS) is 27.8. The Hall–Kier alpha value is -1.82. The van der Waals surface area contributed by atoms with E-state index in [1.807, 2.05) is 11.0 Å². The van der Waals surface area contributed by atoms with Crippen LogP contribution in [0.4, 0.5) is 0 Å². The molecule has 9 nitrogen and oxygen atoms in total. The highest BCUT2D eigenvalue weighted by Gasteiger charge is 2.49. The Morgan fingerprint density at radius 1 is 1.34 bits per heavy atom. The van der Waals surface area contributed by atoms with E-state index in [-0.39, 0.29) is 36.2 Å². The second kappa shape index (κ2) is 10.4. The summed E-state index contributed by atoms with van der Waals surface area (Å²) in [4.78, 5) is 37.9. The van der Waals surface area contributed by atoms with Crippen molar-refractivity contribution in [3.05, 3.63) is 21.9 Å². The van der Waals surface area contributed by atoms with Crippen molar-refractivity contribution < 1.29 is 27.9 Å². The Morgan fingerprint density at radius 2 is 2.03 bits per heavy atom. The fourth-order valence-electron chi connectivity index (χ4n) is 5.40. The van der Waals surface area contributed by atoms with Crippen molar-refractivity contribution in [3.8, 4) is 0 Å². The van der Waals surface area contributed by atoms with Gasteiger partial charge in [0.1, 0.15) is 0 Å². The summed E-state index contributed by atoms with van der Waals surface area (Å²) < 4.78 is 26.1. The number of fused-ring (bicyclic) bond motifs is 4. The first-order valence-corrected chi connectivity index (χ1v) is 13.5. The number of sulfonamides is 1. The number of Topliss-reactive ketones (excluding diaryl/α,β-unsaturated/α-hetero) is 1. The van der Waals surface area contributed by atoms with E-state index >= 15 is 0 Å². The third-order valence-electron chi connectivity index (χ3n) is 6.53. The zero-order valence-corrected chi connectivity index (χ0v) is 20.0. The largest absolute Gasteiger partial charge is 0.483 e. The Balaban J connectivity index is 0.000000913. The summed E-state index contributed by atoms with van der Waals surface area (Å²) in [7, 11) is -3.31. The number of rotatable bonds is 6. The molecule has 3 saturated heterocycles. The van der Waals surface area contributed by atoms with Gasteiger partial charge in [-0.1, -0.05) is 0 Å². The Labute approximate surface area is 192 Å². The lowest BCUT2D eigenvalue weighted by atomic mass is 9.72. The standard InChI is InChI=1S/C20H29N3O4S2.CH2O2/c1-13(24)19-6-14(12-28-19)9-22-10-15-7-16(11-22)18(8-21-29(2,26)27)23-17(15)4-3-5-20(23)25;2-1-3/h6,12,15-18,21H,3-5,7-11H2,1-2H3;1H,(H,2,3)/t15-,16+,17+,18+;/m1./s1. The maximum atomic E-state index is 12.7. The van der Waals surface area contributed by atoms with Crippen LogP contribution >= 0.6 is 11.3 Å². The molecule has 3 aliphatic rings. The lowest BCUT2D eigenvalue weighted by Gasteiger charge is -2.56. The van der Waals surface area contributed by atoms with Crippen molar-refractivity contribution in [2.75, 3.05) is 25.9 Å². The molecule has 4 atom stereocenters. The quantitative estimate of drug-likeness (QED) is 0.461. The van der Waals surface area contributed by atoms with E-state index in [0.717, 1.165) is 49.3 Å². The molecule has 3 fully saturated rings. The van der Waals surface area contributed by atoms with E-state index in [1.165, 1.54) is 17.6 Å². The topological polar surface area (TPSA) is 124 Å². The van der Waals surface area contributed by atoms with Crippen molar-refractivity contribution in [1.29, 1.82) is 0 Å². The van der Waals surface area contributed by atoms with Crippen molar-refractivity contribution in [1.82, 2.24) is 14.5 Å². The maximum absolute atomic E-state index is 12.7. The number of piperidine rings is 3. The number of nitrogens with zero attached hydrogens (tertiary/aromatic N) is 2. The molecule has 11 heteroatoms. The van der Waals surface area contributed by atoms with E-state index in [0.29, 0.717) is 18.9 Å². The summed E-state index contributed by atoms with van der Waals surface area (Å²) >= 11 is 1.49. The van der Waals surface area contributed by atoms with Crippen LogP contribution in [0.25, 0.3) is 0 Å². The number of hydrogen-bond donors (Lipinski definition) is 2. The van der Waals surface area contributed by atoms with Gasteiger partial charge in [-0.25, -0.2) is 13.1 Å². The zero-order valence-electron chi connectivity index (χ0n) is 18.4. The molecule has 32 heavy (non-hydrogen) atoms.